The fourth-order valence-electron chi connectivity index (χ4n) is 1.41. The fourth-order valence-corrected chi connectivity index (χ4v) is 1.41. The van der Waals surface area contributed by atoms with Crippen LogP contribution in [-0.2, 0) is 4.79 Å². The summed E-state index contributed by atoms with van der Waals surface area (Å²) < 4.78 is 0. The first-order chi connectivity index (χ1) is 5.76. The molecule has 0 aromatic rings. The molecule has 1 heteroatoms. The normalized spacial score (nSPS) is 12.5. The van der Waals surface area contributed by atoms with Gasteiger partial charge in [-0.25, -0.2) is 0 Å². The van der Waals surface area contributed by atoms with Crippen molar-refractivity contribution in [1.29, 1.82) is 0 Å². The van der Waals surface area contributed by atoms with Gasteiger partial charge < -0.3 is 0 Å². The molecular formula is C11H20O. The first kappa shape index (κ1) is 11.4. The SMILES string of the molecule is C=CCC(CCC)C(=O)CCC. The van der Waals surface area contributed by atoms with Crippen LogP contribution in [0.1, 0.15) is 46.0 Å². The van der Waals surface area contributed by atoms with Gasteiger partial charge in [0.1, 0.15) is 5.78 Å². The number of carbonyl (C=O) groups is 1. The van der Waals surface area contributed by atoms with Crippen molar-refractivity contribution in [3.05, 3.63) is 12.7 Å². The predicted octanol–water partition coefficient (Wildman–Crippen LogP) is 3.35. The Hall–Kier alpha value is -0.590. The van der Waals surface area contributed by atoms with Crippen molar-refractivity contribution in [1.82, 2.24) is 0 Å². The minimum atomic E-state index is 0.243. The molecule has 1 atom stereocenters. The first-order valence-corrected chi connectivity index (χ1v) is 4.89. The van der Waals surface area contributed by atoms with Gasteiger partial charge in [-0.2, -0.15) is 0 Å². The van der Waals surface area contributed by atoms with Gasteiger partial charge in [0, 0.05) is 12.3 Å². The number of rotatable bonds is 7. The molecule has 0 fully saturated rings. The molecule has 0 saturated carbocycles. The highest BCUT2D eigenvalue weighted by atomic mass is 16.1. The first-order valence-electron chi connectivity index (χ1n) is 4.89. The van der Waals surface area contributed by atoms with Crippen LogP contribution in [0, 0.1) is 5.92 Å². The monoisotopic (exact) mass is 168 g/mol. The van der Waals surface area contributed by atoms with Crippen molar-refractivity contribution in [2.24, 2.45) is 5.92 Å². The van der Waals surface area contributed by atoms with Gasteiger partial charge in [-0.05, 0) is 19.3 Å². The summed E-state index contributed by atoms with van der Waals surface area (Å²) in [6, 6.07) is 0. The van der Waals surface area contributed by atoms with Crippen molar-refractivity contribution in [3.63, 3.8) is 0 Å². The molecule has 0 amide bonds. The number of Topliss-reactive ketones (excluding diaryl/α,β-unsaturated/α-hetero) is 1. The predicted molar refractivity (Wildman–Crippen MR) is 53.1 cm³/mol. The Balaban J connectivity index is 3.89. The molecule has 0 aliphatic heterocycles. The molecule has 0 heterocycles. The van der Waals surface area contributed by atoms with Crippen molar-refractivity contribution in [3.8, 4) is 0 Å². The summed E-state index contributed by atoms with van der Waals surface area (Å²) in [4.78, 5) is 11.5. The second-order valence-electron chi connectivity index (χ2n) is 3.23. The lowest BCUT2D eigenvalue weighted by Crippen LogP contribution is -2.12. The van der Waals surface area contributed by atoms with Gasteiger partial charge in [0.25, 0.3) is 0 Å². The van der Waals surface area contributed by atoms with E-state index in [1.807, 2.05) is 6.08 Å². The summed E-state index contributed by atoms with van der Waals surface area (Å²) in [7, 11) is 0. The highest BCUT2D eigenvalue weighted by molar-refractivity contribution is 5.81. The van der Waals surface area contributed by atoms with E-state index in [0.717, 1.165) is 32.1 Å². The summed E-state index contributed by atoms with van der Waals surface area (Å²) in [5, 5.41) is 0. The summed E-state index contributed by atoms with van der Waals surface area (Å²) in [5.74, 6) is 0.659. The van der Waals surface area contributed by atoms with E-state index in [1.54, 1.807) is 0 Å². The van der Waals surface area contributed by atoms with Crippen LogP contribution in [0.4, 0.5) is 0 Å². The largest absolute Gasteiger partial charge is 0.299 e. The molecule has 0 spiro atoms. The molecule has 0 rings (SSSR count). The van der Waals surface area contributed by atoms with Crippen LogP contribution in [0.25, 0.3) is 0 Å². The van der Waals surface area contributed by atoms with E-state index in [4.69, 9.17) is 0 Å². The summed E-state index contributed by atoms with van der Waals surface area (Å²) in [6.45, 7) is 7.84. The maximum absolute atomic E-state index is 11.5. The van der Waals surface area contributed by atoms with Crippen LogP contribution >= 0.6 is 0 Å². The van der Waals surface area contributed by atoms with Gasteiger partial charge >= 0.3 is 0 Å². The topological polar surface area (TPSA) is 17.1 Å². The van der Waals surface area contributed by atoms with Gasteiger partial charge in [-0.3, -0.25) is 4.79 Å². The van der Waals surface area contributed by atoms with E-state index in [0.29, 0.717) is 5.78 Å². The standard InChI is InChI=1S/C11H20O/c1-4-7-10(8-5-2)11(12)9-6-3/h4,10H,1,5-9H2,2-3H3. The third kappa shape index (κ3) is 4.32. The third-order valence-electron chi connectivity index (χ3n) is 2.04. The van der Waals surface area contributed by atoms with Gasteiger partial charge in [-0.15, -0.1) is 6.58 Å². The lowest BCUT2D eigenvalue weighted by molar-refractivity contribution is -0.123. The van der Waals surface area contributed by atoms with Crippen LogP contribution in [0.15, 0.2) is 12.7 Å². The highest BCUT2D eigenvalue weighted by Crippen LogP contribution is 2.15. The zero-order valence-corrected chi connectivity index (χ0v) is 8.31. The highest BCUT2D eigenvalue weighted by Gasteiger charge is 2.14. The van der Waals surface area contributed by atoms with Crippen molar-refractivity contribution in [2.45, 2.75) is 46.0 Å². The van der Waals surface area contributed by atoms with Crippen LogP contribution in [0.2, 0.25) is 0 Å². The van der Waals surface area contributed by atoms with Crippen molar-refractivity contribution in [2.75, 3.05) is 0 Å². The Morgan fingerprint density at radius 3 is 2.50 bits per heavy atom. The Morgan fingerprint density at radius 1 is 1.42 bits per heavy atom. The Labute approximate surface area is 75.9 Å². The van der Waals surface area contributed by atoms with Crippen LogP contribution < -0.4 is 0 Å². The zero-order valence-electron chi connectivity index (χ0n) is 8.31. The summed E-state index contributed by atoms with van der Waals surface area (Å²) in [6.07, 6.45) is 6.52. The van der Waals surface area contributed by atoms with Gasteiger partial charge in [-0.1, -0.05) is 26.3 Å². The van der Waals surface area contributed by atoms with E-state index in [1.165, 1.54) is 0 Å². The second-order valence-corrected chi connectivity index (χ2v) is 3.23. The van der Waals surface area contributed by atoms with E-state index in [-0.39, 0.29) is 5.92 Å². The number of ketones is 1. The quantitative estimate of drug-likeness (QED) is 0.533. The lowest BCUT2D eigenvalue weighted by atomic mass is 9.93. The molecule has 0 aliphatic carbocycles. The molecule has 0 aromatic carbocycles. The Morgan fingerprint density at radius 2 is 2.08 bits per heavy atom. The molecule has 0 bridgehead atoms. The average molecular weight is 168 g/mol. The minimum absolute atomic E-state index is 0.243. The Kier molecular flexibility index (Phi) is 6.73. The molecule has 0 saturated heterocycles. The van der Waals surface area contributed by atoms with Gasteiger partial charge in [0.2, 0.25) is 0 Å². The van der Waals surface area contributed by atoms with E-state index in [9.17, 15) is 4.79 Å². The number of hydrogen-bond acceptors (Lipinski definition) is 1. The fraction of sp³-hybridized carbons (Fsp3) is 0.727. The number of hydrogen-bond donors (Lipinski definition) is 0. The molecule has 0 aliphatic rings. The molecule has 12 heavy (non-hydrogen) atoms. The Bertz CT molecular complexity index is 138. The van der Waals surface area contributed by atoms with Gasteiger partial charge in [0.05, 0.1) is 0 Å². The summed E-state index contributed by atoms with van der Waals surface area (Å²) in [5.41, 5.74) is 0. The molecule has 70 valence electrons. The number of allylic oxidation sites excluding steroid dienone is 1. The number of carbonyl (C=O) groups excluding carboxylic acids is 1. The maximum atomic E-state index is 11.5. The van der Waals surface area contributed by atoms with Crippen LogP contribution in [-0.4, -0.2) is 5.78 Å². The maximum Gasteiger partial charge on any atom is 0.136 e. The van der Waals surface area contributed by atoms with Crippen LogP contribution in [0.5, 0.6) is 0 Å². The zero-order chi connectivity index (χ0) is 9.40. The second kappa shape index (κ2) is 7.08. The summed E-state index contributed by atoms with van der Waals surface area (Å²) >= 11 is 0. The third-order valence-corrected chi connectivity index (χ3v) is 2.04. The van der Waals surface area contributed by atoms with E-state index < -0.39 is 0 Å². The van der Waals surface area contributed by atoms with Crippen molar-refractivity contribution >= 4 is 5.78 Å². The van der Waals surface area contributed by atoms with E-state index >= 15 is 0 Å². The minimum Gasteiger partial charge on any atom is -0.299 e. The van der Waals surface area contributed by atoms with Crippen molar-refractivity contribution < 1.29 is 4.79 Å². The molecule has 0 radical (unpaired) electrons. The smallest absolute Gasteiger partial charge is 0.136 e. The van der Waals surface area contributed by atoms with Crippen LogP contribution in [0.3, 0.4) is 0 Å². The average Bonchev–Trinajstić information content (AvgIpc) is 2.04. The molecule has 1 unspecified atom stereocenters. The molecular weight excluding hydrogens is 148 g/mol. The molecule has 0 N–H and O–H groups in total. The molecule has 0 aromatic heterocycles. The molecule has 1 nitrogen and oxygen atoms in total. The lowest BCUT2D eigenvalue weighted by Gasteiger charge is -2.11. The van der Waals surface area contributed by atoms with Gasteiger partial charge in [0.15, 0.2) is 0 Å². The van der Waals surface area contributed by atoms with E-state index in [2.05, 4.69) is 20.4 Å².